The van der Waals surface area contributed by atoms with Crippen molar-refractivity contribution < 1.29 is 14.3 Å². The summed E-state index contributed by atoms with van der Waals surface area (Å²) in [5, 5.41) is 6.15. The Kier molecular flexibility index (Phi) is 5.85. The van der Waals surface area contributed by atoms with E-state index >= 15 is 0 Å². The first-order chi connectivity index (χ1) is 12.2. The SMILES string of the molecule is CCOc1ccc(Nc2cncc(C(=O)NCC3CCCO3)c2)cc1. The molecule has 1 unspecified atom stereocenters. The minimum absolute atomic E-state index is 0.127. The number of ether oxygens (including phenoxy) is 2. The highest BCUT2D eigenvalue weighted by Crippen LogP contribution is 2.20. The molecule has 132 valence electrons. The summed E-state index contributed by atoms with van der Waals surface area (Å²) in [6.45, 7) is 3.91. The normalized spacial score (nSPS) is 16.4. The second-order valence-electron chi connectivity index (χ2n) is 5.89. The summed E-state index contributed by atoms with van der Waals surface area (Å²) >= 11 is 0. The minimum Gasteiger partial charge on any atom is -0.494 e. The molecule has 2 aromatic rings. The molecule has 0 spiro atoms. The summed E-state index contributed by atoms with van der Waals surface area (Å²) in [5.74, 6) is 0.687. The van der Waals surface area contributed by atoms with E-state index in [0.29, 0.717) is 18.7 Å². The molecule has 25 heavy (non-hydrogen) atoms. The Morgan fingerprint density at radius 3 is 2.84 bits per heavy atom. The Morgan fingerprint density at radius 1 is 1.28 bits per heavy atom. The van der Waals surface area contributed by atoms with Gasteiger partial charge < -0.3 is 20.1 Å². The second kappa shape index (κ2) is 8.48. The van der Waals surface area contributed by atoms with Crippen molar-refractivity contribution in [1.82, 2.24) is 10.3 Å². The quantitative estimate of drug-likeness (QED) is 0.809. The Bertz CT molecular complexity index is 697. The van der Waals surface area contributed by atoms with Gasteiger partial charge in [-0.25, -0.2) is 0 Å². The average molecular weight is 341 g/mol. The number of anilines is 2. The number of amides is 1. The van der Waals surface area contributed by atoms with Crippen molar-refractivity contribution in [3.05, 3.63) is 48.3 Å². The molecule has 6 nitrogen and oxygen atoms in total. The van der Waals surface area contributed by atoms with Crippen LogP contribution in [-0.4, -0.2) is 36.8 Å². The zero-order valence-electron chi connectivity index (χ0n) is 14.3. The highest BCUT2D eigenvalue weighted by atomic mass is 16.5. The van der Waals surface area contributed by atoms with Crippen molar-refractivity contribution in [2.45, 2.75) is 25.9 Å². The van der Waals surface area contributed by atoms with Gasteiger partial charge in [-0.3, -0.25) is 9.78 Å². The smallest absolute Gasteiger partial charge is 0.253 e. The highest BCUT2D eigenvalue weighted by molar-refractivity contribution is 5.94. The molecule has 0 radical (unpaired) electrons. The van der Waals surface area contributed by atoms with Crippen molar-refractivity contribution in [1.29, 1.82) is 0 Å². The van der Waals surface area contributed by atoms with Crippen molar-refractivity contribution >= 4 is 17.3 Å². The van der Waals surface area contributed by atoms with Gasteiger partial charge in [0.25, 0.3) is 5.91 Å². The van der Waals surface area contributed by atoms with Crippen molar-refractivity contribution in [2.24, 2.45) is 0 Å². The van der Waals surface area contributed by atoms with E-state index < -0.39 is 0 Å². The van der Waals surface area contributed by atoms with Crippen LogP contribution in [0.25, 0.3) is 0 Å². The Morgan fingerprint density at radius 2 is 2.12 bits per heavy atom. The average Bonchev–Trinajstić information content (AvgIpc) is 3.15. The summed E-state index contributed by atoms with van der Waals surface area (Å²) in [4.78, 5) is 16.4. The molecule has 0 aliphatic carbocycles. The zero-order chi connectivity index (χ0) is 17.5. The van der Waals surface area contributed by atoms with E-state index in [9.17, 15) is 4.79 Å². The third-order valence-corrected chi connectivity index (χ3v) is 3.97. The number of benzene rings is 1. The fraction of sp³-hybridized carbons (Fsp3) is 0.368. The van der Waals surface area contributed by atoms with Crippen LogP contribution in [0.4, 0.5) is 11.4 Å². The first-order valence-electron chi connectivity index (χ1n) is 8.59. The third-order valence-electron chi connectivity index (χ3n) is 3.97. The predicted molar refractivity (Wildman–Crippen MR) is 96.4 cm³/mol. The molecule has 1 aromatic carbocycles. The maximum Gasteiger partial charge on any atom is 0.253 e. The molecular weight excluding hydrogens is 318 g/mol. The van der Waals surface area contributed by atoms with Gasteiger partial charge in [0, 0.05) is 25.0 Å². The summed E-state index contributed by atoms with van der Waals surface area (Å²) < 4.78 is 10.9. The number of carbonyl (C=O) groups excluding carboxylic acids is 1. The van der Waals surface area contributed by atoms with Gasteiger partial charge in [0.05, 0.1) is 30.2 Å². The molecule has 2 N–H and O–H groups in total. The maximum atomic E-state index is 12.3. The number of nitrogens with one attached hydrogen (secondary N) is 2. The van der Waals surface area contributed by atoms with Gasteiger partial charge in [-0.2, -0.15) is 0 Å². The van der Waals surface area contributed by atoms with Gasteiger partial charge in [-0.05, 0) is 50.1 Å². The van der Waals surface area contributed by atoms with Crippen molar-refractivity contribution in [3.63, 3.8) is 0 Å². The molecule has 0 bridgehead atoms. The monoisotopic (exact) mass is 341 g/mol. The van der Waals surface area contributed by atoms with Crippen molar-refractivity contribution in [2.75, 3.05) is 25.1 Å². The van der Waals surface area contributed by atoms with Crippen LogP contribution >= 0.6 is 0 Å². The topological polar surface area (TPSA) is 72.5 Å². The van der Waals surface area contributed by atoms with E-state index in [-0.39, 0.29) is 12.0 Å². The summed E-state index contributed by atoms with van der Waals surface area (Å²) in [6.07, 6.45) is 5.44. The first kappa shape index (κ1) is 17.2. The van der Waals surface area contributed by atoms with Gasteiger partial charge in [-0.1, -0.05) is 0 Å². The largest absolute Gasteiger partial charge is 0.494 e. The fourth-order valence-electron chi connectivity index (χ4n) is 2.71. The lowest BCUT2D eigenvalue weighted by Gasteiger charge is -2.12. The number of hydrogen-bond donors (Lipinski definition) is 2. The van der Waals surface area contributed by atoms with Crippen LogP contribution in [0.15, 0.2) is 42.7 Å². The maximum absolute atomic E-state index is 12.3. The molecule has 1 aromatic heterocycles. The Hall–Kier alpha value is -2.60. The van der Waals surface area contributed by atoms with Crippen LogP contribution in [0.3, 0.4) is 0 Å². The third kappa shape index (κ3) is 4.93. The molecular formula is C19H23N3O3. The van der Waals surface area contributed by atoms with Gasteiger partial charge in [0.15, 0.2) is 0 Å². The standard InChI is InChI=1S/C19H23N3O3/c1-2-24-17-7-5-15(6-8-17)22-16-10-14(11-20-12-16)19(23)21-13-18-4-3-9-25-18/h5-8,10-12,18,22H,2-4,9,13H2,1H3,(H,21,23). The van der Waals surface area contributed by atoms with E-state index in [0.717, 1.165) is 36.6 Å². The Labute approximate surface area is 147 Å². The number of rotatable bonds is 7. The number of aromatic nitrogens is 1. The molecule has 1 aliphatic rings. The number of hydrogen-bond acceptors (Lipinski definition) is 5. The summed E-state index contributed by atoms with van der Waals surface area (Å²) in [6, 6.07) is 9.44. The molecule has 3 rings (SSSR count). The van der Waals surface area contributed by atoms with Crippen LogP contribution in [0.2, 0.25) is 0 Å². The molecule has 2 heterocycles. The van der Waals surface area contributed by atoms with E-state index in [2.05, 4.69) is 15.6 Å². The lowest BCUT2D eigenvalue weighted by molar-refractivity contribution is 0.0857. The van der Waals surface area contributed by atoms with Gasteiger partial charge >= 0.3 is 0 Å². The lowest BCUT2D eigenvalue weighted by Crippen LogP contribution is -2.31. The van der Waals surface area contributed by atoms with E-state index in [1.807, 2.05) is 31.2 Å². The van der Waals surface area contributed by atoms with Gasteiger partial charge in [0.2, 0.25) is 0 Å². The number of carbonyl (C=O) groups is 1. The van der Waals surface area contributed by atoms with Crippen LogP contribution in [0.1, 0.15) is 30.1 Å². The van der Waals surface area contributed by atoms with Gasteiger partial charge in [-0.15, -0.1) is 0 Å². The van der Waals surface area contributed by atoms with E-state index in [1.165, 1.54) is 0 Å². The molecule has 0 saturated carbocycles. The zero-order valence-corrected chi connectivity index (χ0v) is 14.3. The van der Waals surface area contributed by atoms with E-state index in [1.54, 1.807) is 18.5 Å². The highest BCUT2D eigenvalue weighted by Gasteiger charge is 2.16. The van der Waals surface area contributed by atoms with Crippen LogP contribution < -0.4 is 15.4 Å². The summed E-state index contributed by atoms with van der Waals surface area (Å²) in [7, 11) is 0. The minimum atomic E-state index is -0.140. The van der Waals surface area contributed by atoms with Crippen molar-refractivity contribution in [3.8, 4) is 5.75 Å². The molecule has 1 fully saturated rings. The molecule has 1 amide bonds. The predicted octanol–water partition coefficient (Wildman–Crippen LogP) is 3.13. The van der Waals surface area contributed by atoms with Crippen LogP contribution in [0, 0.1) is 0 Å². The van der Waals surface area contributed by atoms with E-state index in [4.69, 9.17) is 9.47 Å². The number of pyridine rings is 1. The molecule has 6 heteroatoms. The molecule has 1 atom stereocenters. The molecule has 1 aliphatic heterocycles. The van der Waals surface area contributed by atoms with Gasteiger partial charge in [0.1, 0.15) is 5.75 Å². The number of nitrogens with zero attached hydrogens (tertiary/aromatic N) is 1. The van der Waals surface area contributed by atoms with Crippen LogP contribution in [0.5, 0.6) is 5.75 Å². The Balaban J connectivity index is 1.59. The fourth-order valence-corrected chi connectivity index (χ4v) is 2.71. The van der Waals surface area contributed by atoms with Crippen LogP contribution in [-0.2, 0) is 4.74 Å². The second-order valence-corrected chi connectivity index (χ2v) is 5.89. The molecule has 1 saturated heterocycles. The lowest BCUT2D eigenvalue weighted by atomic mass is 10.2. The first-order valence-corrected chi connectivity index (χ1v) is 8.59. The summed E-state index contributed by atoms with van der Waals surface area (Å²) in [5.41, 5.74) is 2.19.